The van der Waals surface area contributed by atoms with Gasteiger partial charge in [0.15, 0.2) is 11.5 Å². The van der Waals surface area contributed by atoms with Crippen molar-refractivity contribution in [1.82, 2.24) is 10.7 Å². The van der Waals surface area contributed by atoms with Crippen molar-refractivity contribution in [1.29, 1.82) is 0 Å². The molecule has 0 aliphatic carbocycles. The lowest BCUT2D eigenvalue weighted by Gasteiger charge is -2.08. The average molecular weight is 342 g/mol. The second-order valence-corrected chi connectivity index (χ2v) is 5.49. The minimum atomic E-state index is -0.864. The van der Waals surface area contributed by atoms with Crippen LogP contribution in [-0.2, 0) is 9.59 Å². The lowest BCUT2D eigenvalue weighted by atomic mass is 10.2. The van der Waals surface area contributed by atoms with Crippen molar-refractivity contribution in [2.45, 2.75) is 20.8 Å². The van der Waals surface area contributed by atoms with Crippen LogP contribution < -0.4 is 15.5 Å². The monoisotopic (exact) mass is 341 g/mol. The van der Waals surface area contributed by atoms with Gasteiger partial charge in [-0.25, -0.2) is 5.43 Å². The molecule has 1 aromatic rings. The SMILES string of the molecule is CCOc1cc(/C=N\NC(=O)C(=O)NCC(C)C)cc(Cl)c1O. The summed E-state index contributed by atoms with van der Waals surface area (Å²) in [5, 5.41) is 16.0. The highest BCUT2D eigenvalue weighted by molar-refractivity contribution is 6.35. The summed E-state index contributed by atoms with van der Waals surface area (Å²) in [6.07, 6.45) is 1.29. The number of amides is 2. The Morgan fingerprint density at radius 3 is 2.70 bits per heavy atom. The molecule has 8 heteroatoms. The summed E-state index contributed by atoms with van der Waals surface area (Å²) in [6.45, 7) is 6.37. The van der Waals surface area contributed by atoms with Crippen LogP contribution in [0.25, 0.3) is 0 Å². The minimum Gasteiger partial charge on any atom is -0.503 e. The molecule has 23 heavy (non-hydrogen) atoms. The minimum absolute atomic E-state index is 0.0957. The van der Waals surface area contributed by atoms with E-state index in [-0.39, 0.29) is 22.4 Å². The van der Waals surface area contributed by atoms with Gasteiger partial charge in [0, 0.05) is 6.54 Å². The van der Waals surface area contributed by atoms with Crippen molar-refractivity contribution in [2.75, 3.05) is 13.2 Å². The number of aromatic hydroxyl groups is 1. The van der Waals surface area contributed by atoms with Gasteiger partial charge >= 0.3 is 11.8 Å². The third-order valence-electron chi connectivity index (χ3n) is 2.61. The number of benzene rings is 1. The molecule has 0 unspecified atom stereocenters. The molecule has 0 saturated carbocycles. The summed E-state index contributed by atoms with van der Waals surface area (Å²) in [4.78, 5) is 23.0. The first-order chi connectivity index (χ1) is 10.8. The zero-order valence-corrected chi connectivity index (χ0v) is 14.0. The van der Waals surface area contributed by atoms with E-state index in [4.69, 9.17) is 16.3 Å². The fraction of sp³-hybridized carbons (Fsp3) is 0.400. The fourth-order valence-electron chi connectivity index (χ4n) is 1.53. The highest BCUT2D eigenvalue weighted by Crippen LogP contribution is 2.34. The largest absolute Gasteiger partial charge is 0.503 e. The van der Waals surface area contributed by atoms with Crippen molar-refractivity contribution < 1.29 is 19.4 Å². The molecule has 1 rings (SSSR count). The maximum Gasteiger partial charge on any atom is 0.329 e. The molecule has 0 saturated heterocycles. The Bertz CT molecular complexity index is 603. The number of hydrogen-bond acceptors (Lipinski definition) is 5. The molecule has 0 aliphatic rings. The standard InChI is InChI=1S/C15H20ClN3O4/c1-4-23-12-6-10(5-11(16)13(12)20)8-18-19-15(22)14(21)17-7-9(2)3/h5-6,8-9,20H,4,7H2,1-3H3,(H,17,21)(H,19,22)/b18-8-. The van der Waals surface area contributed by atoms with E-state index < -0.39 is 11.8 Å². The second kappa shape index (κ2) is 8.99. The van der Waals surface area contributed by atoms with Gasteiger partial charge in [0.1, 0.15) is 0 Å². The number of nitrogens with one attached hydrogen (secondary N) is 2. The molecule has 0 aromatic heterocycles. The van der Waals surface area contributed by atoms with Crippen LogP contribution in [0, 0.1) is 5.92 Å². The first-order valence-electron chi connectivity index (χ1n) is 7.11. The van der Waals surface area contributed by atoms with Gasteiger partial charge in [-0.1, -0.05) is 25.4 Å². The molecule has 0 radical (unpaired) electrons. The summed E-state index contributed by atoms with van der Waals surface area (Å²) in [7, 11) is 0. The number of rotatable bonds is 6. The molecule has 3 N–H and O–H groups in total. The summed E-state index contributed by atoms with van der Waals surface area (Å²) in [5.74, 6) is -1.33. The fourth-order valence-corrected chi connectivity index (χ4v) is 1.75. The maximum atomic E-state index is 11.5. The van der Waals surface area contributed by atoms with Crippen LogP contribution >= 0.6 is 11.6 Å². The molecule has 2 amide bonds. The Kier molecular flexibility index (Phi) is 7.34. The van der Waals surface area contributed by atoms with Gasteiger partial charge in [-0.2, -0.15) is 5.10 Å². The first kappa shape index (κ1) is 18.8. The number of ether oxygens (including phenoxy) is 1. The van der Waals surface area contributed by atoms with Crippen LogP contribution in [0.15, 0.2) is 17.2 Å². The molecule has 0 aliphatic heterocycles. The zero-order chi connectivity index (χ0) is 17.4. The lowest BCUT2D eigenvalue weighted by Crippen LogP contribution is -2.39. The van der Waals surface area contributed by atoms with Crippen molar-refractivity contribution in [3.63, 3.8) is 0 Å². The highest BCUT2D eigenvalue weighted by atomic mass is 35.5. The van der Waals surface area contributed by atoms with Crippen LogP contribution in [0.1, 0.15) is 26.3 Å². The molecule has 0 heterocycles. The molecule has 0 fully saturated rings. The average Bonchev–Trinajstić information content (AvgIpc) is 2.49. The number of hydrazone groups is 1. The van der Waals surface area contributed by atoms with Crippen LogP contribution in [0.2, 0.25) is 5.02 Å². The van der Waals surface area contributed by atoms with E-state index in [0.717, 1.165) is 0 Å². The Hall–Kier alpha value is -2.28. The molecule has 1 aromatic carbocycles. The van der Waals surface area contributed by atoms with Gasteiger partial charge in [-0.05, 0) is 30.5 Å². The van der Waals surface area contributed by atoms with E-state index in [0.29, 0.717) is 18.7 Å². The van der Waals surface area contributed by atoms with Gasteiger partial charge in [-0.3, -0.25) is 9.59 Å². The summed E-state index contributed by atoms with van der Waals surface area (Å²) in [5.41, 5.74) is 2.61. The van der Waals surface area contributed by atoms with Crippen LogP contribution in [-0.4, -0.2) is 36.3 Å². The highest BCUT2D eigenvalue weighted by Gasteiger charge is 2.12. The number of nitrogens with zero attached hydrogens (tertiary/aromatic N) is 1. The van der Waals surface area contributed by atoms with Gasteiger partial charge in [-0.15, -0.1) is 0 Å². The Morgan fingerprint density at radius 2 is 2.09 bits per heavy atom. The molecule has 126 valence electrons. The van der Waals surface area contributed by atoms with E-state index in [2.05, 4.69) is 15.8 Å². The third kappa shape index (κ3) is 6.15. The summed E-state index contributed by atoms with van der Waals surface area (Å²) >= 11 is 5.87. The lowest BCUT2D eigenvalue weighted by molar-refractivity contribution is -0.139. The van der Waals surface area contributed by atoms with E-state index in [1.54, 1.807) is 6.92 Å². The molecular formula is C15H20ClN3O4. The van der Waals surface area contributed by atoms with Crippen molar-refractivity contribution in [3.05, 3.63) is 22.7 Å². The van der Waals surface area contributed by atoms with Crippen molar-refractivity contribution in [3.8, 4) is 11.5 Å². The number of hydrogen-bond donors (Lipinski definition) is 3. The predicted molar refractivity (Wildman–Crippen MR) is 87.9 cm³/mol. The maximum absolute atomic E-state index is 11.5. The van der Waals surface area contributed by atoms with Crippen LogP contribution in [0.5, 0.6) is 11.5 Å². The quantitative estimate of drug-likeness (QED) is 0.416. The van der Waals surface area contributed by atoms with Crippen LogP contribution in [0.3, 0.4) is 0 Å². The Balaban J connectivity index is 2.67. The number of phenols is 1. The molecule has 0 atom stereocenters. The van der Waals surface area contributed by atoms with Gasteiger partial charge in [0.25, 0.3) is 0 Å². The van der Waals surface area contributed by atoms with Gasteiger partial charge in [0.2, 0.25) is 0 Å². The molecular weight excluding hydrogens is 322 g/mol. The van der Waals surface area contributed by atoms with Crippen LogP contribution in [0.4, 0.5) is 0 Å². The number of carbonyl (C=O) groups excluding carboxylic acids is 2. The Labute approximate surface area is 139 Å². The third-order valence-corrected chi connectivity index (χ3v) is 2.90. The van der Waals surface area contributed by atoms with E-state index >= 15 is 0 Å². The van der Waals surface area contributed by atoms with E-state index in [9.17, 15) is 14.7 Å². The second-order valence-electron chi connectivity index (χ2n) is 5.09. The van der Waals surface area contributed by atoms with E-state index in [1.807, 2.05) is 13.8 Å². The molecule has 0 spiro atoms. The predicted octanol–water partition coefficient (Wildman–Crippen LogP) is 1.67. The van der Waals surface area contributed by atoms with E-state index in [1.165, 1.54) is 18.3 Å². The number of carbonyl (C=O) groups is 2. The smallest absolute Gasteiger partial charge is 0.329 e. The summed E-state index contributed by atoms with van der Waals surface area (Å²) < 4.78 is 5.23. The van der Waals surface area contributed by atoms with Gasteiger partial charge < -0.3 is 15.2 Å². The Morgan fingerprint density at radius 1 is 1.39 bits per heavy atom. The van der Waals surface area contributed by atoms with Crippen molar-refractivity contribution >= 4 is 29.6 Å². The number of halogens is 1. The van der Waals surface area contributed by atoms with Gasteiger partial charge in [0.05, 0.1) is 17.8 Å². The molecule has 0 bridgehead atoms. The van der Waals surface area contributed by atoms with Crippen molar-refractivity contribution in [2.24, 2.45) is 11.0 Å². The first-order valence-corrected chi connectivity index (χ1v) is 7.49. The number of phenolic OH excluding ortho intramolecular Hbond substituents is 1. The zero-order valence-electron chi connectivity index (χ0n) is 13.2. The molecule has 7 nitrogen and oxygen atoms in total. The summed E-state index contributed by atoms with van der Waals surface area (Å²) in [6, 6.07) is 2.97. The topological polar surface area (TPSA) is 100 Å². The normalized spacial score (nSPS) is 10.8.